The van der Waals surface area contributed by atoms with E-state index in [0.29, 0.717) is 11.3 Å². The van der Waals surface area contributed by atoms with E-state index in [4.69, 9.17) is 9.47 Å². The summed E-state index contributed by atoms with van der Waals surface area (Å²) in [4.78, 5) is 51.7. The van der Waals surface area contributed by atoms with Crippen molar-refractivity contribution < 1.29 is 23.9 Å². The molecule has 2 aromatic rings. The number of aryl methyl sites for hydroxylation is 1. The maximum absolute atomic E-state index is 12.6. The number of pyridine rings is 1. The summed E-state index contributed by atoms with van der Waals surface area (Å²) in [7, 11) is 0. The highest BCUT2D eigenvalue weighted by molar-refractivity contribution is 5.96. The Morgan fingerprint density at radius 1 is 1.06 bits per heavy atom. The Labute approximate surface area is 180 Å². The number of amides is 2. The standard InChI is InChI=1S/C22H27N3O6/c1-4-30-18(26)12-11-17(21(28)31-5-2)24-22(29)25-19-16(13-14(3)23-20(19)27)15-9-7-6-8-10-15/h6-10,13,17H,4-5,11-12H2,1-3H3,(H,23,27)(H2,24,25,29)/t17-/m0/s1. The van der Waals surface area contributed by atoms with Crippen molar-refractivity contribution in [2.24, 2.45) is 0 Å². The Kier molecular flexibility index (Phi) is 8.80. The van der Waals surface area contributed by atoms with Crippen LogP contribution in [0.15, 0.2) is 41.2 Å². The Morgan fingerprint density at radius 2 is 1.74 bits per heavy atom. The van der Waals surface area contributed by atoms with Gasteiger partial charge in [0, 0.05) is 17.7 Å². The summed E-state index contributed by atoms with van der Waals surface area (Å²) >= 11 is 0. The van der Waals surface area contributed by atoms with Crippen LogP contribution in [0.1, 0.15) is 32.4 Å². The normalized spacial score (nSPS) is 11.3. The van der Waals surface area contributed by atoms with Crippen molar-refractivity contribution in [3.05, 3.63) is 52.4 Å². The lowest BCUT2D eigenvalue weighted by molar-refractivity contribution is -0.146. The van der Waals surface area contributed by atoms with Gasteiger partial charge in [-0.05, 0) is 38.8 Å². The van der Waals surface area contributed by atoms with Gasteiger partial charge in [-0.1, -0.05) is 30.3 Å². The van der Waals surface area contributed by atoms with Crippen LogP contribution in [0.2, 0.25) is 0 Å². The summed E-state index contributed by atoms with van der Waals surface area (Å²) < 4.78 is 9.84. The fraction of sp³-hybridized carbons (Fsp3) is 0.364. The highest BCUT2D eigenvalue weighted by atomic mass is 16.5. The van der Waals surface area contributed by atoms with E-state index in [1.54, 1.807) is 26.8 Å². The van der Waals surface area contributed by atoms with Gasteiger partial charge in [-0.15, -0.1) is 0 Å². The highest BCUT2D eigenvalue weighted by Crippen LogP contribution is 2.25. The molecule has 0 unspecified atom stereocenters. The van der Waals surface area contributed by atoms with E-state index in [2.05, 4.69) is 15.6 Å². The molecule has 1 heterocycles. The average molecular weight is 429 g/mol. The van der Waals surface area contributed by atoms with Crippen LogP contribution in [0.25, 0.3) is 11.1 Å². The van der Waals surface area contributed by atoms with Crippen LogP contribution >= 0.6 is 0 Å². The number of hydrogen-bond donors (Lipinski definition) is 3. The minimum atomic E-state index is -1.07. The van der Waals surface area contributed by atoms with Crippen LogP contribution < -0.4 is 16.2 Å². The van der Waals surface area contributed by atoms with Crippen LogP contribution in [-0.2, 0) is 19.1 Å². The number of hydrogen-bond acceptors (Lipinski definition) is 6. The fourth-order valence-corrected chi connectivity index (χ4v) is 2.95. The number of urea groups is 1. The number of aromatic amines is 1. The van der Waals surface area contributed by atoms with Crippen molar-refractivity contribution in [2.75, 3.05) is 18.5 Å². The Balaban J connectivity index is 2.21. The van der Waals surface area contributed by atoms with E-state index in [0.717, 1.165) is 5.56 Å². The van der Waals surface area contributed by atoms with Gasteiger partial charge in [-0.25, -0.2) is 9.59 Å². The number of H-pyrrole nitrogens is 1. The predicted molar refractivity (Wildman–Crippen MR) is 116 cm³/mol. The van der Waals surface area contributed by atoms with E-state index in [-0.39, 0.29) is 31.7 Å². The summed E-state index contributed by atoms with van der Waals surface area (Å²) in [6.07, 6.45) is -0.0706. The Morgan fingerprint density at radius 3 is 2.39 bits per heavy atom. The zero-order valence-electron chi connectivity index (χ0n) is 17.8. The number of aromatic nitrogens is 1. The molecule has 2 rings (SSSR count). The van der Waals surface area contributed by atoms with Crippen molar-refractivity contribution in [1.29, 1.82) is 0 Å². The molecule has 9 heteroatoms. The molecule has 0 radical (unpaired) electrons. The predicted octanol–water partition coefficient (Wildman–Crippen LogP) is 2.75. The fourth-order valence-electron chi connectivity index (χ4n) is 2.95. The van der Waals surface area contributed by atoms with Crippen molar-refractivity contribution in [1.82, 2.24) is 10.3 Å². The molecule has 166 valence electrons. The quantitative estimate of drug-likeness (QED) is 0.526. The molecular formula is C22H27N3O6. The largest absolute Gasteiger partial charge is 0.466 e. The van der Waals surface area contributed by atoms with Crippen LogP contribution in [0, 0.1) is 6.92 Å². The molecule has 3 N–H and O–H groups in total. The number of esters is 2. The topological polar surface area (TPSA) is 127 Å². The number of benzene rings is 1. The van der Waals surface area contributed by atoms with Gasteiger partial charge in [-0.3, -0.25) is 9.59 Å². The first kappa shape index (κ1) is 23.7. The Bertz CT molecular complexity index is 971. The molecule has 0 saturated carbocycles. The second-order valence-electron chi connectivity index (χ2n) is 6.68. The number of nitrogens with one attached hydrogen (secondary N) is 3. The molecule has 1 atom stereocenters. The minimum absolute atomic E-state index is 0.000877. The van der Waals surface area contributed by atoms with Crippen molar-refractivity contribution in [3.63, 3.8) is 0 Å². The summed E-state index contributed by atoms with van der Waals surface area (Å²) in [5.41, 5.74) is 1.48. The molecule has 0 bridgehead atoms. The van der Waals surface area contributed by atoms with Gasteiger partial charge in [0.25, 0.3) is 5.56 Å². The minimum Gasteiger partial charge on any atom is -0.466 e. The third-order valence-corrected chi connectivity index (χ3v) is 4.31. The maximum atomic E-state index is 12.6. The molecule has 0 aliphatic heterocycles. The molecule has 0 aliphatic rings. The molecule has 1 aromatic carbocycles. The first-order chi connectivity index (χ1) is 14.8. The van der Waals surface area contributed by atoms with E-state index in [1.165, 1.54) is 0 Å². The smallest absolute Gasteiger partial charge is 0.328 e. The van der Waals surface area contributed by atoms with E-state index in [9.17, 15) is 19.2 Å². The van der Waals surface area contributed by atoms with E-state index in [1.807, 2.05) is 30.3 Å². The summed E-state index contributed by atoms with van der Waals surface area (Å²) in [6, 6.07) is 9.02. The second kappa shape index (κ2) is 11.5. The zero-order valence-corrected chi connectivity index (χ0v) is 17.8. The average Bonchev–Trinajstić information content (AvgIpc) is 2.73. The molecule has 31 heavy (non-hydrogen) atoms. The highest BCUT2D eigenvalue weighted by Gasteiger charge is 2.24. The molecule has 0 saturated heterocycles. The monoisotopic (exact) mass is 429 g/mol. The van der Waals surface area contributed by atoms with Crippen LogP contribution in [0.4, 0.5) is 10.5 Å². The van der Waals surface area contributed by atoms with Gasteiger partial charge in [0.05, 0.1) is 13.2 Å². The van der Waals surface area contributed by atoms with Crippen LogP contribution in [-0.4, -0.2) is 42.2 Å². The molecular weight excluding hydrogens is 402 g/mol. The number of carbonyl (C=O) groups excluding carboxylic acids is 3. The third-order valence-electron chi connectivity index (χ3n) is 4.31. The second-order valence-corrected chi connectivity index (χ2v) is 6.68. The van der Waals surface area contributed by atoms with Gasteiger partial charge in [0.15, 0.2) is 0 Å². The van der Waals surface area contributed by atoms with E-state index < -0.39 is 29.6 Å². The third kappa shape index (κ3) is 6.98. The lowest BCUT2D eigenvalue weighted by atomic mass is 10.0. The first-order valence-corrected chi connectivity index (χ1v) is 10.0. The molecule has 0 fully saturated rings. The molecule has 9 nitrogen and oxygen atoms in total. The lowest BCUT2D eigenvalue weighted by Gasteiger charge is -2.18. The van der Waals surface area contributed by atoms with E-state index >= 15 is 0 Å². The summed E-state index contributed by atoms with van der Waals surface area (Å²) in [5, 5.41) is 5.01. The van der Waals surface area contributed by atoms with Crippen molar-refractivity contribution in [2.45, 2.75) is 39.7 Å². The molecule has 2 amide bonds. The number of anilines is 1. The van der Waals surface area contributed by atoms with Gasteiger partial charge < -0.3 is 25.1 Å². The Hall–Kier alpha value is -3.62. The number of ether oxygens (including phenoxy) is 2. The van der Waals surface area contributed by atoms with Crippen molar-refractivity contribution >= 4 is 23.7 Å². The van der Waals surface area contributed by atoms with Gasteiger partial charge in [0.1, 0.15) is 11.7 Å². The number of rotatable bonds is 9. The maximum Gasteiger partial charge on any atom is 0.328 e. The molecule has 1 aromatic heterocycles. The first-order valence-electron chi connectivity index (χ1n) is 10.0. The SMILES string of the molecule is CCOC(=O)CC[C@H](NC(=O)Nc1c(-c2ccccc2)cc(C)[nH]c1=O)C(=O)OCC. The number of carbonyl (C=O) groups is 3. The van der Waals surface area contributed by atoms with Gasteiger partial charge in [0.2, 0.25) is 0 Å². The summed E-state index contributed by atoms with van der Waals surface area (Å²) in [6.45, 7) is 5.39. The van der Waals surface area contributed by atoms with Crippen LogP contribution in [0.3, 0.4) is 0 Å². The summed E-state index contributed by atoms with van der Waals surface area (Å²) in [5.74, 6) is -1.16. The zero-order chi connectivity index (χ0) is 22.8. The lowest BCUT2D eigenvalue weighted by Crippen LogP contribution is -2.44. The molecule has 0 spiro atoms. The van der Waals surface area contributed by atoms with Crippen molar-refractivity contribution in [3.8, 4) is 11.1 Å². The molecule has 0 aliphatic carbocycles. The van der Waals surface area contributed by atoms with Gasteiger partial charge in [-0.2, -0.15) is 0 Å². The van der Waals surface area contributed by atoms with Crippen LogP contribution in [0.5, 0.6) is 0 Å². The van der Waals surface area contributed by atoms with Gasteiger partial charge >= 0.3 is 18.0 Å².